The van der Waals surface area contributed by atoms with Crippen molar-refractivity contribution in [1.82, 2.24) is 5.43 Å². The van der Waals surface area contributed by atoms with E-state index in [4.69, 9.17) is 20.1 Å². The largest absolute Gasteiger partial charge is 0.493 e. The van der Waals surface area contributed by atoms with Crippen LogP contribution in [-0.2, 0) is 0 Å². The van der Waals surface area contributed by atoms with Gasteiger partial charge in [0.1, 0.15) is 0 Å². The minimum Gasteiger partial charge on any atom is -0.493 e. The van der Waals surface area contributed by atoms with E-state index < -0.39 is 5.91 Å². The van der Waals surface area contributed by atoms with Gasteiger partial charge in [-0.15, -0.1) is 0 Å². The smallest absolute Gasteiger partial charge is 0.265 e. The summed E-state index contributed by atoms with van der Waals surface area (Å²) >= 11 is 0. The number of ether oxygens (including phenoxy) is 3. The third kappa shape index (κ3) is 3.75. The summed E-state index contributed by atoms with van der Waals surface area (Å²) in [7, 11) is 3.01. The summed E-state index contributed by atoms with van der Waals surface area (Å²) < 4.78 is 16.1. The SMILES string of the molecule is CCCCOc1c(OC)cc(C(=O)NN)cc1OC. The van der Waals surface area contributed by atoms with Gasteiger partial charge in [0.15, 0.2) is 11.5 Å². The van der Waals surface area contributed by atoms with Gasteiger partial charge in [0.05, 0.1) is 20.8 Å². The van der Waals surface area contributed by atoms with E-state index in [0.29, 0.717) is 29.4 Å². The zero-order valence-electron chi connectivity index (χ0n) is 11.5. The summed E-state index contributed by atoms with van der Waals surface area (Å²) in [6.45, 7) is 2.64. The molecular weight excluding hydrogens is 248 g/mol. The van der Waals surface area contributed by atoms with Crippen molar-refractivity contribution in [2.24, 2.45) is 5.84 Å². The van der Waals surface area contributed by atoms with E-state index in [1.165, 1.54) is 14.2 Å². The van der Waals surface area contributed by atoms with E-state index in [-0.39, 0.29) is 0 Å². The normalized spacial score (nSPS) is 9.89. The number of amides is 1. The van der Waals surface area contributed by atoms with Gasteiger partial charge in [-0.05, 0) is 18.6 Å². The third-order valence-electron chi connectivity index (χ3n) is 2.60. The van der Waals surface area contributed by atoms with Crippen molar-refractivity contribution in [3.8, 4) is 17.2 Å². The topological polar surface area (TPSA) is 82.8 Å². The first-order valence-corrected chi connectivity index (χ1v) is 6.07. The zero-order valence-corrected chi connectivity index (χ0v) is 11.5. The Kier molecular flexibility index (Phi) is 5.95. The van der Waals surface area contributed by atoms with Crippen LogP contribution in [0.25, 0.3) is 0 Å². The Morgan fingerprint density at radius 3 is 2.26 bits per heavy atom. The molecule has 106 valence electrons. The van der Waals surface area contributed by atoms with Gasteiger partial charge < -0.3 is 14.2 Å². The monoisotopic (exact) mass is 268 g/mol. The first-order valence-electron chi connectivity index (χ1n) is 6.07. The molecule has 19 heavy (non-hydrogen) atoms. The number of unbranched alkanes of at least 4 members (excludes halogenated alkanes) is 1. The van der Waals surface area contributed by atoms with Crippen LogP contribution in [0.15, 0.2) is 12.1 Å². The summed E-state index contributed by atoms with van der Waals surface area (Å²) in [5, 5.41) is 0. The Bertz CT molecular complexity index is 410. The molecule has 6 heteroatoms. The predicted octanol–water partition coefficient (Wildman–Crippen LogP) is 1.49. The van der Waals surface area contributed by atoms with Gasteiger partial charge in [-0.3, -0.25) is 10.2 Å². The minimum atomic E-state index is -0.420. The van der Waals surface area contributed by atoms with Gasteiger partial charge in [-0.2, -0.15) is 0 Å². The van der Waals surface area contributed by atoms with Crippen LogP contribution in [0.2, 0.25) is 0 Å². The van der Waals surface area contributed by atoms with E-state index in [1.54, 1.807) is 12.1 Å². The standard InChI is InChI=1S/C13H20N2O4/c1-4-5-6-19-12-10(17-2)7-9(13(16)15-14)8-11(12)18-3/h7-8H,4-6,14H2,1-3H3,(H,15,16). The first-order chi connectivity index (χ1) is 9.17. The van der Waals surface area contributed by atoms with Crippen molar-refractivity contribution in [3.63, 3.8) is 0 Å². The van der Waals surface area contributed by atoms with Gasteiger partial charge >= 0.3 is 0 Å². The maximum Gasteiger partial charge on any atom is 0.265 e. The second-order valence-electron chi connectivity index (χ2n) is 3.89. The maximum atomic E-state index is 11.5. The second-order valence-corrected chi connectivity index (χ2v) is 3.89. The number of methoxy groups -OCH3 is 2. The molecule has 3 N–H and O–H groups in total. The number of carbonyl (C=O) groups is 1. The summed E-state index contributed by atoms with van der Waals surface area (Å²) in [6.07, 6.45) is 1.95. The highest BCUT2D eigenvalue weighted by atomic mass is 16.5. The lowest BCUT2D eigenvalue weighted by molar-refractivity contribution is 0.0953. The van der Waals surface area contributed by atoms with Crippen molar-refractivity contribution in [2.75, 3.05) is 20.8 Å². The molecule has 0 aliphatic heterocycles. The highest BCUT2D eigenvalue weighted by Crippen LogP contribution is 2.38. The average molecular weight is 268 g/mol. The lowest BCUT2D eigenvalue weighted by Crippen LogP contribution is -2.30. The number of hydrogen-bond acceptors (Lipinski definition) is 5. The zero-order chi connectivity index (χ0) is 14.3. The molecule has 0 radical (unpaired) electrons. The molecule has 0 aliphatic rings. The first kappa shape index (κ1) is 15.1. The number of nitrogens with two attached hydrogens (primary N) is 1. The highest BCUT2D eigenvalue weighted by Gasteiger charge is 2.17. The van der Waals surface area contributed by atoms with Crippen LogP contribution in [0, 0.1) is 0 Å². The Balaban J connectivity index is 3.10. The van der Waals surface area contributed by atoms with Crippen LogP contribution < -0.4 is 25.5 Å². The van der Waals surface area contributed by atoms with Crippen molar-refractivity contribution in [2.45, 2.75) is 19.8 Å². The summed E-state index contributed by atoms with van der Waals surface area (Å²) in [6, 6.07) is 3.12. The van der Waals surface area contributed by atoms with Gasteiger partial charge in [0, 0.05) is 5.56 Å². The number of hydrogen-bond donors (Lipinski definition) is 2. The van der Waals surface area contributed by atoms with E-state index in [2.05, 4.69) is 12.3 Å². The van der Waals surface area contributed by atoms with Crippen molar-refractivity contribution < 1.29 is 19.0 Å². The number of benzene rings is 1. The van der Waals surface area contributed by atoms with Gasteiger partial charge in [-0.25, -0.2) is 5.84 Å². The highest BCUT2D eigenvalue weighted by molar-refractivity contribution is 5.95. The third-order valence-corrected chi connectivity index (χ3v) is 2.60. The Labute approximate surface area is 112 Å². The molecule has 1 aromatic carbocycles. The van der Waals surface area contributed by atoms with Crippen LogP contribution in [-0.4, -0.2) is 26.7 Å². The van der Waals surface area contributed by atoms with Crippen molar-refractivity contribution >= 4 is 5.91 Å². The molecule has 0 unspecified atom stereocenters. The van der Waals surface area contributed by atoms with Crippen molar-refractivity contribution in [1.29, 1.82) is 0 Å². The molecule has 6 nitrogen and oxygen atoms in total. The summed E-state index contributed by atoms with van der Waals surface area (Å²) in [4.78, 5) is 11.5. The molecule has 0 heterocycles. The van der Waals surface area contributed by atoms with Gasteiger partial charge in [-0.1, -0.05) is 13.3 Å². The molecule has 0 saturated heterocycles. The fourth-order valence-corrected chi connectivity index (χ4v) is 1.56. The molecule has 0 aliphatic carbocycles. The van der Waals surface area contributed by atoms with Crippen LogP contribution in [0.3, 0.4) is 0 Å². The minimum absolute atomic E-state index is 0.346. The lowest BCUT2D eigenvalue weighted by atomic mass is 10.1. The molecule has 1 rings (SSSR count). The van der Waals surface area contributed by atoms with E-state index in [1.807, 2.05) is 0 Å². The fourth-order valence-electron chi connectivity index (χ4n) is 1.56. The van der Waals surface area contributed by atoms with E-state index in [0.717, 1.165) is 12.8 Å². The lowest BCUT2D eigenvalue weighted by Gasteiger charge is -2.15. The summed E-state index contributed by atoms with van der Waals surface area (Å²) in [5.74, 6) is 6.06. The molecule has 0 fully saturated rings. The number of rotatable bonds is 7. The van der Waals surface area contributed by atoms with Crippen LogP contribution in [0.4, 0.5) is 0 Å². The number of hydrazine groups is 1. The van der Waals surface area contributed by atoms with Gasteiger partial charge in [0.2, 0.25) is 5.75 Å². The molecule has 0 bridgehead atoms. The quantitative estimate of drug-likeness (QED) is 0.339. The van der Waals surface area contributed by atoms with Crippen LogP contribution in [0.5, 0.6) is 17.2 Å². The maximum absolute atomic E-state index is 11.5. The van der Waals surface area contributed by atoms with E-state index >= 15 is 0 Å². The molecule has 1 amide bonds. The molecule has 0 spiro atoms. The van der Waals surface area contributed by atoms with Crippen LogP contribution in [0.1, 0.15) is 30.1 Å². The molecule has 1 aromatic rings. The van der Waals surface area contributed by atoms with E-state index in [9.17, 15) is 4.79 Å². The fraction of sp³-hybridized carbons (Fsp3) is 0.462. The van der Waals surface area contributed by atoms with Gasteiger partial charge in [0.25, 0.3) is 5.91 Å². The number of carbonyl (C=O) groups excluding carboxylic acids is 1. The second kappa shape index (κ2) is 7.48. The Morgan fingerprint density at radius 2 is 1.84 bits per heavy atom. The Hall–Kier alpha value is -1.95. The average Bonchev–Trinajstić information content (AvgIpc) is 2.46. The van der Waals surface area contributed by atoms with Crippen LogP contribution >= 0.6 is 0 Å². The molecular formula is C13H20N2O4. The molecule has 0 atom stereocenters. The predicted molar refractivity (Wildman–Crippen MR) is 71.6 cm³/mol. The molecule has 0 saturated carbocycles. The Morgan fingerprint density at radius 1 is 1.26 bits per heavy atom. The number of nitrogen functional groups attached to an aromatic ring is 1. The summed E-state index contributed by atoms with van der Waals surface area (Å²) in [5.41, 5.74) is 2.41. The molecule has 0 aromatic heterocycles. The number of nitrogens with one attached hydrogen (secondary N) is 1. The van der Waals surface area contributed by atoms with Crippen molar-refractivity contribution in [3.05, 3.63) is 17.7 Å².